The molecule has 2 N–H and O–H groups in total. The maximum Gasteiger partial charge on any atom is 0.244 e. The smallest absolute Gasteiger partial charge is 0.244 e. The molecule has 0 saturated heterocycles. The molecule has 1 aromatic carbocycles. The van der Waals surface area contributed by atoms with Crippen LogP contribution in [0.25, 0.3) is 0 Å². The molecule has 102 valence electrons. The molecule has 0 fully saturated rings. The fourth-order valence-electron chi connectivity index (χ4n) is 1.36. The van der Waals surface area contributed by atoms with Crippen LogP contribution in [-0.2, 0) is 10.0 Å². The summed E-state index contributed by atoms with van der Waals surface area (Å²) in [4.78, 5) is 0.00565. The molecule has 0 aliphatic heterocycles. The molecule has 6 nitrogen and oxygen atoms in total. The van der Waals surface area contributed by atoms with Gasteiger partial charge in [-0.2, -0.15) is 0 Å². The number of nitrogens with one attached hydrogen (secondary N) is 1. The van der Waals surface area contributed by atoms with Crippen molar-refractivity contribution < 1.29 is 23.0 Å². The lowest BCUT2D eigenvalue weighted by atomic mass is 10.3. The topological polar surface area (TPSA) is 84.9 Å². The molecule has 0 aromatic heterocycles. The van der Waals surface area contributed by atoms with Crippen LogP contribution in [0.5, 0.6) is 11.5 Å². The van der Waals surface area contributed by atoms with E-state index in [-0.39, 0.29) is 17.3 Å². The first-order valence-electron chi connectivity index (χ1n) is 5.29. The number of hydrogen-bond acceptors (Lipinski definition) is 5. The first-order valence-corrected chi connectivity index (χ1v) is 6.78. The molecule has 0 aliphatic rings. The fourth-order valence-corrected chi connectivity index (χ4v) is 2.75. The third-order valence-corrected chi connectivity index (χ3v) is 3.92. The van der Waals surface area contributed by atoms with Gasteiger partial charge >= 0.3 is 0 Å². The van der Waals surface area contributed by atoms with Gasteiger partial charge in [0.05, 0.1) is 20.8 Å². The van der Waals surface area contributed by atoms with Crippen LogP contribution in [-0.4, -0.2) is 40.4 Å². The van der Waals surface area contributed by atoms with Gasteiger partial charge in [-0.15, -0.1) is 0 Å². The second-order valence-corrected chi connectivity index (χ2v) is 5.40. The van der Waals surface area contributed by atoms with Crippen molar-refractivity contribution in [3.05, 3.63) is 18.2 Å². The highest BCUT2D eigenvalue weighted by Gasteiger charge is 2.21. The minimum atomic E-state index is -3.73. The van der Waals surface area contributed by atoms with Gasteiger partial charge in [0.15, 0.2) is 0 Å². The SMILES string of the molecule is COc1ccc(S(=O)(=O)N[C@H](C)CO)c(OC)c1. The Morgan fingerprint density at radius 3 is 2.50 bits per heavy atom. The number of rotatable bonds is 6. The lowest BCUT2D eigenvalue weighted by Crippen LogP contribution is -2.35. The quantitative estimate of drug-likeness (QED) is 0.783. The minimum absolute atomic E-state index is 0.00565. The van der Waals surface area contributed by atoms with Crippen LogP contribution in [0, 0.1) is 0 Å². The molecule has 0 aliphatic carbocycles. The van der Waals surface area contributed by atoms with E-state index in [1.54, 1.807) is 6.92 Å². The molecule has 0 radical (unpaired) electrons. The number of benzene rings is 1. The van der Waals surface area contributed by atoms with Crippen LogP contribution in [0.15, 0.2) is 23.1 Å². The minimum Gasteiger partial charge on any atom is -0.497 e. The normalized spacial score (nSPS) is 13.1. The van der Waals surface area contributed by atoms with Gasteiger partial charge in [-0.25, -0.2) is 13.1 Å². The molecule has 0 heterocycles. The molecule has 0 amide bonds. The summed E-state index contributed by atoms with van der Waals surface area (Å²) in [5.74, 6) is 0.688. The van der Waals surface area contributed by atoms with Gasteiger partial charge < -0.3 is 14.6 Å². The summed E-state index contributed by atoms with van der Waals surface area (Å²) < 4.78 is 36.4. The molecule has 1 rings (SSSR count). The van der Waals surface area contributed by atoms with Crippen LogP contribution in [0.2, 0.25) is 0 Å². The molecule has 0 saturated carbocycles. The van der Waals surface area contributed by atoms with Crippen LogP contribution in [0.4, 0.5) is 0 Å². The zero-order valence-corrected chi connectivity index (χ0v) is 11.3. The predicted octanol–water partition coefficient (Wildman–Crippen LogP) is 0.363. The van der Waals surface area contributed by atoms with Crippen molar-refractivity contribution in [1.29, 1.82) is 0 Å². The zero-order chi connectivity index (χ0) is 13.8. The van der Waals surface area contributed by atoms with E-state index in [1.807, 2.05) is 0 Å². The number of ether oxygens (including phenoxy) is 2. The van der Waals surface area contributed by atoms with Crippen molar-refractivity contribution in [1.82, 2.24) is 4.72 Å². The number of sulfonamides is 1. The Balaban J connectivity index is 3.15. The molecule has 1 aromatic rings. The van der Waals surface area contributed by atoms with Gasteiger partial charge in [-0.05, 0) is 19.1 Å². The molecule has 0 spiro atoms. The predicted molar refractivity (Wildman–Crippen MR) is 66.4 cm³/mol. The molecular formula is C11H17NO5S. The number of aliphatic hydroxyl groups is 1. The average Bonchev–Trinajstić information content (AvgIpc) is 2.37. The monoisotopic (exact) mass is 275 g/mol. The summed E-state index contributed by atoms with van der Waals surface area (Å²) in [6.07, 6.45) is 0. The van der Waals surface area contributed by atoms with E-state index in [1.165, 1.54) is 32.4 Å². The molecule has 1 atom stereocenters. The Bertz CT molecular complexity index is 500. The van der Waals surface area contributed by atoms with Crippen molar-refractivity contribution in [2.24, 2.45) is 0 Å². The highest BCUT2D eigenvalue weighted by Crippen LogP contribution is 2.28. The van der Waals surface area contributed by atoms with Gasteiger partial charge in [-0.1, -0.05) is 0 Å². The van der Waals surface area contributed by atoms with Crippen molar-refractivity contribution in [2.75, 3.05) is 20.8 Å². The van der Waals surface area contributed by atoms with Gasteiger partial charge in [0.2, 0.25) is 10.0 Å². The summed E-state index contributed by atoms with van der Waals surface area (Å²) >= 11 is 0. The maximum absolute atomic E-state index is 12.0. The van der Waals surface area contributed by atoms with E-state index in [0.29, 0.717) is 5.75 Å². The standard InChI is InChI=1S/C11H17NO5S/c1-8(7-13)12-18(14,15)11-5-4-9(16-2)6-10(11)17-3/h4-6,8,12-13H,7H2,1-3H3/t8-/m1/s1. The van der Waals surface area contributed by atoms with E-state index >= 15 is 0 Å². The lowest BCUT2D eigenvalue weighted by Gasteiger charge is -2.14. The average molecular weight is 275 g/mol. The first-order chi connectivity index (χ1) is 8.44. The molecular weight excluding hydrogens is 258 g/mol. The van der Waals surface area contributed by atoms with Crippen molar-refractivity contribution in [3.8, 4) is 11.5 Å². The first kappa shape index (κ1) is 14.7. The van der Waals surface area contributed by atoms with Crippen LogP contribution in [0.3, 0.4) is 0 Å². The lowest BCUT2D eigenvalue weighted by molar-refractivity contribution is 0.265. The summed E-state index contributed by atoms with van der Waals surface area (Å²) in [7, 11) is -0.870. The van der Waals surface area contributed by atoms with E-state index in [0.717, 1.165) is 0 Å². The van der Waals surface area contributed by atoms with Gasteiger partial charge in [0.1, 0.15) is 16.4 Å². The third-order valence-electron chi connectivity index (χ3n) is 2.29. The highest BCUT2D eigenvalue weighted by atomic mass is 32.2. The second kappa shape index (κ2) is 6.03. The Kier molecular flexibility index (Phi) is 4.94. The van der Waals surface area contributed by atoms with Crippen LogP contribution in [0.1, 0.15) is 6.92 Å². The number of aliphatic hydroxyl groups excluding tert-OH is 1. The van der Waals surface area contributed by atoms with E-state index in [2.05, 4.69) is 4.72 Å². The van der Waals surface area contributed by atoms with Gasteiger partial charge in [0, 0.05) is 12.1 Å². The fraction of sp³-hybridized carbons (Fsp3) is 0.455. The van der Waals surface area contributed by atoms with E-state index < -0.39 is 16.1 Å². The molecule has 0 bridgehead atoms. The Hall–Kier alpha value is -1.31. The van der Waals surface area contributed by atoms with Crippen LogP contribution < -0.4 is 14.2 Å². The molecule has 0 unspecified atom stereocenters. The third kappa shape index (κ3) is 3.34. The van der Waals surface area contributed by atoms with Crippen molar-refractivity contribution in [2.45, 2.75) is 17.9 Å². The van der Waals surface area contributed by atoms with Gasteiger partial charge in [-0.3, -0.25) is 0 Å². The van der Waals surface area contributed by atoms with Crippen LogP contribution >= 0.6 is 0 Å². The number of methoxy groups -OCH3 is 2. The highest BCUT2D eigenvalue weighted by molar-refractivity contribution is 7.89. The molecule has 7 heteroatoms. The van der Waals surface area contributed by atoms with E-state index in [9.17, 15) is 8.42 Å². The van der Waals surface area contributed by atoms with Gasteiger partial charge in [0.25, 0.3) is 0 Å². The Labute approximate surface area is 107 Å². The Morgan fingerprint density at radius 2 is 2.00 bits per heavy atom. The van der Waals surface area contributed by atoms with E-state index in [4.69, 9.17) is 14.6 Å². The second-order valence-electron chi connectivity index (χ2n) is 3.72. The summed E-state index contributed by atoms with van der Waals surface area (Å²) in [6.45, 7) is 1.28. The summed E-state index contributed by atoms with van der Waals surface area (Å²) in [6, 6.07) is 3.84. The van der Waals surface area contributed by atoms with Crippen molar-refractivity contribution in [3.63, 3.8) is 0 Å². The number of hydrogen-bond donors (Lipinski definition) is 2. The molecule has 18 heavy (non-hydrogen) atoms. The summed E-state index contributed by atoms with van der Waals surface area (Å²) in [5.41, 5.74) is 0. The summed E-state index contributed by atoms with van der Waals surface area (Å²) in [5, 5.41) is 8.88. The Morgan fingerprint density at radius 1 is 1.33 bits per heavy atom. The zero-order valence-electron chi connectivity index (χ0n) is 10.5. The van der Waals surface area contributed by atoms with Crippen molar-refractivity contribution >= 4 is 10.0 Å². The largest absolute Gasteiger partial charge is 0.497 e. The maximum atomic E-state index is 12.0.